The first-order valence-corrected chi connectivity index (χ1v) is 10.2. The van der Waals surface area contributed by atoms with Crippen molar-refractivity contribution in [2.45, 2.75) is 13.3 Å². The van der Waals surface area contributed by atoms with E-state index in [-0.39, 0.29) is 12.1 Å². The van der Waals surface area contributed by atoms with Gasteiger partial charge in [-0.1, -0.05) is 13.0 Å². The van der Waals surface area contributed by atoms with E-state index in [9.17, 15) is 9.36 Å². The van der Waals surface area contributed by atoms with Crippen LogP contribution in [0.25, 0.3) is 0 Å². The molecule has 0 saturated heterocycles. The molecule has 0 aliphatic carbocycles. The summed E-state index contributed by atoms with van der Waals surface area (Å²) in [6.45, 7) is 5.23. The standard InChI is InChI=1S/C16H21N4O2P/c1-4-12-8-9-17-16(19-12)20-14-7-5-6-13(10-14)18-15(21)11-23(2,3)22/h5-10H,4,11H2,1-3H3,(H,18,21)(H,17,19,20). The van der Waals surface area contributed by atoms with Crippen LogP contribution in [0.15, 0.2) is 36.5 Å². The van der Waals surface area contributed by atoms with E-state index in [1.54, 1.807) is 31.7 Å². The first kappa shape index (κ1) is 17.2. The van der Waals surface area contributed by atoms with Crippen LogP contribution in [-0.2, 0) is 15.8 Å². The number of benzene rings is 1. The first-order valence-electron chi connectivity index (χ1n) is 7.38. The summed E-state index contributed by atoms with van der Waals surface area (Å²) in [6.07, 6.45) is 2.58. The fourth-order valence-electron chi connectivity index (χ4n) is 2.00. The minimum atomic E-state index is -2.38. The van der Waals surface area contributed by atoms with Gasteiger partial charge >= 0.3 is 0 Å². The topological polar surface area (TPSA) is 84.0 Å². The van der Waals surface area contributed by atoms with Crippen LogP contribution in [0.3, 0.4) is 0 Å². The van der Waals surface area contributed by atoms with E-state index in [4.69, 9.17) is 0 Å². The molecule has 1 amide bonds. The molecule has 1 aromatic heterocycles. The SMILES string of the molecule is CCc1ccnc(Nc2cccc(NC(=O)CP(C)(C)=O)c2)n1. The Kier molecular flexibility index (Phi) is 5.50. The monoisotopic (exact) mass is 332 g/mol. The molecule has 0 radical (unpaired) electrons. The molecule has 2 N–H and O–H groups in total. The van der Waals surface area contributed by atoms with Gasteiger partial charge in [-0.2, -0.15) is 0 Å². The highest BCUT2D eigenvalue weighted by Gasteiger charge is 2.14. The molecule has 7 heteroatoms. The Bertz CT molecular complexity index is 742. The van der Waals surface area contributed by atoms with E-state index in [0.29, 0.717) is 11.6 Å². The van der Waals surface area contributed by atoms with Crippen LogP contribution < -0.4 is 10.6 Å². The maximum Gasteiger partial charge on any atom is 0.231 e. The molecular formula is C16H21N4O2P. The number of aryl methyl sites for hydroxylation is 1. The minimum absolute atomic E-state index is 0.0340. The maximum absolute atomic E-state index is 11.9. The number of hydrogen-bond donors (Lipinski definition) is 2. The van der Waals surface area contributed by atoms with Crippen molar-refractivity contribution in [1.82, 2.24) is 9.97 Å². The van der Waals surface area contributed by atoms with Crippen molar-refractivity contribution in [1.29, 1.82) is 0 Å². The highest BCUT2D eigenvalue weighted by Crippen LogP contribution is 2.35. The second kappa shape index (κ2) is 7.38. The summed E-state index contributed by atoms with van der Waals surface area (Å²) in [5.74, 6) is 0.263. The molecule has 0 fully saturated rings. The Hall–Kier alpha value is -2.20. The number of amides is 1. The van der Waals surface area contributed by atoms with Crippen molar-refractivity contribution in [2.24, 2.45) is 0 Å². The molecule has 1 aromatic carbocycles. The zero-order valence-corrected chi connectivity index (χ0v) is 14.4. The van der Waals surface area contributed by atoms with E-state index in [0.717, 1.165) is 17.8 Å². The van der Waals surface area contributed by atoms with Gasteiger partial charge in [-0.3, -0.25) is 4.79 Å². The molecular weight excluding hydrogens is 311 g/mol. The lowest BCUT2D eigenvalue weighted by Crippen LogP contribution is -2.15. The predicted molar refractivity (Wildman–Crippen MR) is 94.1 cm³/mol. The van der Waals surface area contributed by atoms with Crippen molar-refractivity contribution in [3.63, 3.8) is 0 Å². The lowest BCUT2D eigenvalue weighted by molar-refractivity contribution is -0.113. The molecule has 6 nitrogen and oxygen atoms in total. The van der Waals surface area contributed by atoms with Gasteiger partial charge in [-0.05, 0) is 44.0 Å². The summed E-state index contributed by atoms with van der Waals surface area (Å²) >= 11 is 0. The molecule has 0 saturated carbocycles. The van der Waals surface area contributed by atoms with Gasteiger partial charge in [0.05, 0.1) is 13.3 Å². The molecule has 122 valence electrons. The Morgan fingerprint density at radius 3 is 2.65 bits per heavy atom. The third-order valence-electron chi connectivity index (χ3n) is 3.00. The second-order valence-corrected chi connectivity index (χ2v) is 9.18. The van der Waals surface area contributed by atoms with Crippen LogP contribution in [0.4, 0.5) is 17.3 Å². The van der Waals surface area contributed by atoms with Crippen molar-refractivity contribution >= 4 is 30.4 Å². The lowest BCUT2D eigenvalue weighted by atomic mass is 10.2. The highest BCUT2D eigenvalue weighted by atomic mass is 31.2. The van der Waals surface area contributed by atoms with E-state index in [2.05, 4.69) is 20.6 Å². The Morgan fingerprint density at radius 1 is 1.22 bits per heavy atom. The molecule has 2 aromatic rings. The third-order valence-corrected chi connectivity index (χ3v) is 4.05. The fourth-order valence-corrected chi connectivity index (χ4v) is 2.77. The van der Waals surface area contributed by atoms with E-state index in [1.807, 2.05) is 25.1 Å². The molecule has 0 bridgehead atoms. The predicted octanol–water partition coefficient (Wildman–Crippen LogP) is 3.34. The lowest BCUT2D eigenvalue weighted by Gasteiger charge is -2.10. The zero-order chi connectivity index (χ0) is 16.9. The molecule has 0 unspecified atom stereocenters. The van der Waals surface area contributed by atoms with Gasteiger partial charge < -0.3 is 15.2 Å². The van der Waals surface area contributed by atoms with Gasteiger partial charge in [0.25, 0.3) is 0 Å². The van der Waals surface area contributed by atoms with Crippen LogP contribution in [0.2, 0.25) is 0 Å². The summed E-state index contributed by atoms with van der Waals surface area (Å²) in [5, 5.41) is 5.87. The van der Waals surface area contributed by atoms with Gasteiger partial charge in [0.15, 0.2) is 0 Å². The number of carbonyl (C=O) groups is 1. The molecule has 23 heavy (non-hydrogen) atoms. The average molecular weight is 332 g/mol. The molecule has 0 aliphatic heterocycles. The van der Waals surface area contributed by atoms with Gasteiger partial charge in [0.1, 0.15) is 0 Å². The molecule has 0 atom stereocenters. The average Bonchev–Trinajstić information content (AvgIpc) is 2.45. The van der Waals surface area contributed by atoms with E-state index in [1.165, 1.54) is 0 Å². The summed E-state index contributed by atoms with van der Waals surface area (Å²) in [5.41, 5.74) is 2.36. The van der Waals surface area contributed by atoms with Crippen LogP contribution in [-0.4, -0.2) is 35.4 Å². The number of anilines is 3. The highest BCUT2D eigenvalue weighted by molar-refractivity contribution is 7.63. The van der Waals surface area contributed by atoms with Gasteiger partial charge in [0, 0.05) is 23.3 Å². The quantitative estimate of drug-likeness (QED) is 0.793. The first-order chi connectivity index (χ1) is 10.9. The van der Waals surface area contributed by atoms with Crippen molar-refractivity contribution < 1.29 is 9.36 Å². The number of rotatable bonds is 6. The van der Waals surface area contributed by atoms with Crippen LogP contribution in [0.1, 0.15) is 12.6 Å². The fraction of sp³-hybridized carbons (Fsp3) is 0.312. The van der Waals surface area contributed by atoms with Crippen molar-refractivity contribution in [3.05, 3.63) is 42.2 Å². The Morgan fingerprint density at radius 2 is 1.96 bits per heavy atom. The number of carbonyl (C=O) groups excluding carboxylic acids is 1. The normalized spacial score (nSPS) is 11.1. The smallest absolute Gasteiger partial charge is 0.231 e. The van der Waals surface area contributed by atoms with Crippen LogP contribution in [0, 0.1) is 0 Å². The maximum atomic E-state index is 11.9. The number of nitrogens with zero attached hydrogens (tertiary/aromatic N) is 2. The van der Waals surface area contributed by atoms with Gasteiger partial charge in [0.2, 0.25) is 11.9 Å². The molecule has 0 spiro atoms. The number of aromatic nitrogens is 2. The van der Waals surface area contributed by atoms with Gasteiger partial charge in [-0.25, -0.2) is 9.97 Å². The second-order valence-electron chi connectivity index (χ2n) is 5.71. The van der Waals surface area contributed by atoms with Crippen LogP contribution >= 0.6 is 7.14 Å². The number of nitrogens with one attached hydrogen (secondary N) is 2. The summed E-state index contributed by atoms with van der Waals surface area (Å²) in [4.78, 5) is 20.4. The largest absolute Gasteiger partial charge is 0.326 e. The summed E-state index contributed by atoms with van der Waals surface area (Å²) in [7, 11) is -2.38. The van der Waals surface area contributed by atoms with Gasteiger partial charge in [-0.15, -0.1) is 0 Å². The van der Waals surface area contributed by atoms with Crippen LogP contribution in [0.5, 0.6) is 0 Å². The van der Waals surface area contributed by atoms with Crippen molar-refractivity contribution in [2.75, 3.05) is 30.1 Å². The Balaban J connectivity index is 2.07. The van der Waals surface area contributed by atoms with E-state index >= 15 is 0 Å². The third kappa shape index (κ3) is 5.83. The summed E-state index contributed by atoms with van der Waals surface area (Å²) in [6, 6.07) is 9.12. The zero-order valence-electron chi connectivity index (χ0n) is 13.5. The van der Waals surface area contributed by atoms with E-state index < -0.39 is 7.14 Å². The Labute approximate surface area is 136 Å². The minimum Gasteiger partial charge on any atom is -0.326 e. The molecule has 2 rings (SSSR count). The van der Waals surface area contributed by atoms with Crippen molar-refractivity contribution in [3.8, 4) is 0 Å². The number of hydrogen-bond acceptors (Lipinski definition) is 5. The molecule has 1 heterocycles. The molecule has 0 aliphatic rings. The summed E-state index contributed by atoms with van der Waals surface area (Å²) < 4.78 is 11.7.